The highest BCUT2D eigenvalue weighted by Crippen LogP contribution is 2.29. The Morgan fingerprint density at radius 3 is 2.63 bits per heavy atom. The van der Waals surface area contributed by atoms with Crippen LogP contribution in [0.3, 0.4) is 0 Å². The fourth-order valence-electron chi connectivity index (χ4n) is 3.88. The van der Waals surface area contributed by atoms with Crippen molar-refractivity contribution in [1.82, 2.24) is 15.0 Å². The quantitative estimate of drug-likeness (QED) is 0.564. The van der Waals surface area contributed by atoms with Crippen LogP contribution >= 0.6 is 0 Å². The van der Waals surface area contributed by atoms with Crippen LogP contribution in [0, 0.1) is 0 Å². The maximum atomic E-state index is 13.2. The molecule has 0 aliphatic carbocycles. The number of pyridine rings is 1. The van der Waals surface area contributed by atoms with Crippen molar-refractivity contribution >= 4 is 28.3 Å². The number of anilines is 2. The highest BCUT2D eigenvalue weighted by atomic mass is 16.2. The Balaban J connectivity index is 1.48. The number of aromatic nitrogens is 3. The third kappa shape index (κ3) is 3.26. The minimum absolute atomic E-state index is 0.0353. The molecule has 0 saturated carbocycles. The molecular formula is C24H21N5O. The van der Waals surface area contributed by atoms with Gasteiger partial charge in [0.1, 0.15) is 11.9 Å². The summed E-state index contributed by atoms with van der Waals surface area (Å²) in [6, 6.07) is 19.2. The first-order chi connectivity index (χ1) is 14.7. The fourth-order valence-corrected chi connectivity index (χ4v) is 3.88. The summed E-state index contributed by atoms with van der Waals surface area (Å²) in [7, 11) is 0. The number of carbonyl (C=O) groups is 1. The van der Waals surface area contributed by atoms with Crippen LogP contribution in [0.15, 0.2) is 73.1 Å². The lowest BCUT2D eigenvalue weighted by Gasteiger charge is -2.23. The summed E-state index contributed by atoms with van der Waals surface area (Å²) in [6.45, 7) is 2.59. The normalized spacial score (nSPS) is 13.8. The summed E-state index contributed by atoms with van der Waals surface area (Å²) in [6.07, 6.45) is 4.33. The van der Waals surface area contributed by atoms with Crippen LogP contribution in [0.25, 0.3) is 22.3 Å². The number of hydrogen-bond donors (Lipinski definition) is 1. The summed E-state index contributed by atoms with van der Waals surface area (Å²) in [5.41, 5.74) is 3.92. The lowest BCUT2D eigenvalue weighted by Crippen LogP contribution is -2.40. The van der Waals surface area contributed by atoms with Crippen LogP contribution in [-0.4, -0.2) is 33.4 Å². The molecule has 6 nitrogen and oxygen atoms in total. The highest BCUT2D eigenvalue weighted by Gasteiger charge is 2.28. The Morgan fingerprint density at radius 1 is 1.00 bits per heavy atom. The molecule has 1 unspecified atom stereocenters. The van der Waals surface area contributed by atoms with Crippen molar-refractivity contribution in [2.24, 2.45) is 0 Å². The van der Waals surface area contributed by atoms with Crippen molar-refractivity contribution in [3.8, 4) is 11.4 Å². The number of fused-ring (bicyclic) bond motifs is 2. The van der Waals surface area contributed by atoms with Crippen LogP contribution in [0.1, 0.15) is 12.5 Å². The lowest BCUT2D eigenvalue weighted by atomic mass is 10.1. The molecule has 1 N–H and O–H groups in total. The Labute approximate surface area is 174 Å². The second kappa shape index (κ2) is 7.55. The minimum Gasteiger partial charge on any atom is -0.358 e. The molecule has 0 fully saturated rings. The Hall–Kier alpha value is -3.80. The third-order valence-corrected chi connectivity index (χ3v) is 5.42. The van der Waals surface area contributed by atoms with Crippen LogP contribution in [0.2, 0.25) is 0 Å². The molecule has 0 saturated heterocycles. The summed E-state index contributed by atoms with van der Waals surface area (Å²) < 4.78 is 0. The van der Waals surface area contributed by atoms with Gasteiger partial charge in [-0.2, -0.15) is 0 Å². The maximum Gasteiger partial charge on any atom is 0.249 e. The van der Waals surface area contributed by atoms with E-state index in [0.29, 0.717) is 18.2 Å². The van der Waals surface area contributed by atoms with Gasteiger partial charge in [0.15, 0.2) is 5.82 Å². The molecule has 0 radical (unpaired) electrons. The van der Waals surface area contributed by atoms with E-state index in [1.165, 1.54) is 5.56 Å². The number of rotatable bonds is 4. The third-order valence-electron chi connectivity index (χ3n) is 5.42. The summed E-state index contributed by atoms with van der Waals surface area (Å²) in [5.74, 6) is 1.29. The zero-order valence-corrected chi connectivity index (χ0v) is 16.6. The molecule has 1 atom stereocenters. The number of hydrogen-bond acceptors (Lipinski definition) is 5. The first-order valence-electron chi connectivity index (χ1n) is 10.0. The second-order valence-corrected chi connectivity index (χ2v) is 7.38. The monoisotopic (exact) mass is 395 g/mol. The second-order valence-electron chi connectivity index (χ2n) is 7.38. The Bertz CT molecular complexity index is 1220. The van der Waals surface area contributed by atoms with Gasteiger partial charge in [-0.15, -0.1) is 0 Å². The Kier molecular flexibility index (Phi) is 4.59. The van der Waals surface area contributed by atoms with E-state index >= 15 is 0 Å². The van der Waals surface area contributed by atoms with Crippen LogP contribution < -0.4 is 10.2 Å². The standard InChI is InChI=1S/C24H21N5O/c1-16(24(30)29-15-12-17-6-2-5-9-21(17)29)26-23-19-7-3-4-8-20(19)27-22(28-23)18-10-13-25-14-11-18/h2-11,13-14,16H,12,15H2,1H3,(H,26,27,28). The van der Waals surface area contributed by atoms with Crippen molar-refractivity contribution in [2.45, 2.75) is 19.4 Å². The van der Waals surface area contributed by atoms with E-state index in [1.54, 1.807) is 12.4 Å². The summed E-state index contributed by atoms with van der Waals surface area (Å²) in [4.78, 5) is 28.6. The molecule has 3 heterocycles. The first kappa shape index (κ1) is 18.2. The molecule has 148 valence electrons. The van der Waals surface area contributed by atoms with Crippen molar-refractivity contribution < 1.29 is 4.79 Å². The SMILES string of the molecule is CC(Nc1nc(-c2ccncc2)nc2ccccc12)C(=O)N1CCc2ccccc21. The van der Waals surface area contributed by atoms with E-state index in [-0.39, 0.29) is 5.91 Å². The Morgan fingerprint density at radius 2 is 1.77 bits per heavy atom. The molecule has 2 aromatic heterocycles. The molecule has 0 bridgehead atoms. The van der Waals surface area contributed by atoms with E-state index in [1.807, 2.05) is 66.4 Å². The highest BCUT2D eigenvalue weighted by molar-refractivity contribution is 6.01. The van der Waals surface area contributed by atoms with Gasteiger partial charge in [0.2, 0.25) is 5.91 Å². The molecule has 1 aliphatic heterocycles. The largest absolute Gasteiger partial charge is 0.358 e. The van der Waals surface area contributed by atoms with Gasteiger partial charge in [-0.25, -0.2) is 9.97 Å². The van der Waals surface area contributed by atoms with Crippen LogP contribution in [-0.2, 0) is 11.2 Å². The van der Waals surface area contributed by atoms with E-state index in [9.17, 15) is 4.79 Å². The van der Waals surface area contributed by atoms with E-state index < -0.39 is 6.04 Å². The molecule has 30 heavy (non-hydrogen) atoms. The van der Waals surface area contributed by atoms with Gasteiger partial charge in [0, 0.05) is 35.6 Å². The number of nitrogens with one attached hydrogen (secondary N) is 1. The topological polar surface area (TPSA) is 71.0 Å². The minimum atomic E-state index is -0.431. The van der Waals surface area contributed by atoms with Gasteiger partial charge >= 0.3 is 0 Å². The van der Waals surface area contributed by atoms with Gasteiger partial charge < -0.3 is 10.2 Å². The number of para-hydroxylation sites is 2. The van der Waals surface area contributed by atoms with E-state index in [4.69, 9.17) is 9.97 Å². The maximum absolute atomic E-state index is 13.2. The average Bonchev–Trinajstić information content (AvgIpc) is 3.23. The van der Waals surface area contributed by atoms with Gasteiger partial charge in [0.05, 0.1) is 5.52 Å². The summed E-state index contributed by atoms with van der Waals surface area (Å²) >= 11 is 0. The van der Waals surface area contributed by atoms with E-state index in [0.717, 1.165) is 28.6 Å². The molecule has 0 spiro atoms. The number of benzene rings is 2. The molecule has 5 rings (SSSR count). The summed E-state index contributed by atoms with van der Waals surface area (Å²) in [5, 5.41) is 4.23. The number of carbonyl (C=O) groups excluding carboxylic acids is 1. The molecule has 2 aromatic carbocycles. The van der Waals surface area contributed by atoms with Gasteiger partial charge in [-0.05, 0) is 49.2 Å². The van der Waals surface area contributed by atoms with Crippen LogP contribution in [0.5, 0.6) is 0 Å². The number of nitrogens with zero attached hydrogens (tertiary/aromatic N) is 4. The predicted octanol–water partition coefficient (Wildman–Crippen LogP) is 4.08. The molecular weight excluding hydrogens is 374 g/mol. The smallest absolute Gasteiger partial charge is 0.249 e. The van der Waals surface area contributed by atoms with Crippen molar-refractivity contribution in [2.75, 3.05) is 16.8 Å². The van der Waals surface area contributed by atoms with Gasteiger partial charge in [0.25, 0.3) is 0 Å². The molecule has 6 heteroatoms. The zero-order chi connectivity index (χ0) is 20.5. The fraction of sp³-hybridized carbons (Fsp3) is 0.167. The van der Waals surface area contributed by atoms with Gasteiger partial charge in [-0.1, -0.05) is 30.3 Å². The molecule has 4 aromatic rings. The van der Waals surface area contributed by atoms with Crippen molar-refractivity contribution in [3.63, 3.8) is 0 Å². The zero-order valence-electron chi connectivity index (χ0n) is 16.6. The van der Waals surface area contributed by atoms with Gasteiger partial charge in [-0.3, -0.25) is 9.78 Å². The molecule has 1 aliphatic rings. The first-order valence-corrected chi connectivity index (χ1v) is 10.0. The average molecular weight is 395 g/mol. The lowest BCUT2D eigenvalue weighted by molar-refractivity contribution is -0.118. The van der Waals surface area contributed by atoms with Crippen molar-refractivity contribution in [3.05, 3.63) is 78.6 Å². The van der Waals surface area contributed by atoms with E-state index in [2.05, 4.69) is 16.4 Å². The molecule has 1 amide bonds. The van der Waals surface area contributed by atoms with Crippen molar-refractivity contribution in [1.29, 1.82) is 0 Å². The predicted molar refractivity (Wildman–Crippen MR) is 118 cm³/mol. The van der Waals surface area contributed by atoms with Crippen LogP contribution in [0.4, 0.5) is 11.5 Å². The number of amides is 1.